The van der Waals surface area contributed by atoms with E-state index in [9.17, 15) is 15.3 Å². The molecule has 0 bridgehead atoms. The molecule has 0 saturated heterocycles. The molecule has 1 heterocycles. The third kappa shape index (κ3) is 1.26. The molecule has 0 spiro atoms. The summed E-state index contributed by atoms with van der Waals surface area (Å²) in [6.45, 7) is -0.0585. The second-order valence-corrected chi connectivity index (χ2v) is 3.20. The van der Waals surface area contributed by atoms with Crippen LogP contribution in [0.2, 0.25) is 0 Å². The fraction of sp³-hybridized carbons (Fsp3) is 0.333. The van der Waals surface area contributed by atoms with Crippen molar-refractivity contribution in [1.82, 2.24) is 0 Å². The van der Waals surface area contributed by atoms with Gasteiger partial charge in [0.25, 0.3) is 0 Å². The number of aliphatic hydroxyl groups is 2. The lowest BCUT2D eigenvalue weighted by molar-refractivity contribution is -0.0269. The largest absolute Gasteiger partial charge is 0.508 e. The molecular weight excluding hydrogens is 188 g/mol. The number of benzene rings is 1. The number of hydrogen-bond donors (Lipinski definition) is 4. The van der Waals surface area contributed by atoms with Crippen LogP contribution in [0.3, 0.4) is 0 Å². The van der Waals surface area contributed by atoms with Gasteiger partial charge in [0.05, 0.1) is 5.56 Å². The van der Waals surface area contributed by atoms with Crippen molar-refractivity contribution < 1.29 is 25.2 Å². The minimum Gasteiger partial charge on any atom is -0.508 e. The van der Waals surface area contributed by atoms with Gasteiger partial charge in [0.15, 0.2) is 0 Å². The van der Waals surface area contributed by atoms with Crippen molar-refractivity contribution in [2.24, 2.45) is 0 Å². The molecule has 76 valence electrons. The van der Waals surface area contributed by atoms with E-state index in [1.54, 1.807) is 0 Å². The molecule has 0 aliphatic carbocycles. The van der Waals surface area contributed by atoms with Gasteiger partial charge in [-0.2, -0.15) is 0 Å². The fourth-order valence-electron chi connectivity index (χ4n) is 1.47. The Morgan fingerprint density at radius 3 is 2.64 bits per heavy atom. The van der Waals surface area contributed by atoms with Crippen LogP contribution in [0.5, 0.6) is 17.2 Å². The quantitative estimate of drug-likeness (QED) is 0.466. The molecular formula is C9H10O5. The van der Waals surface area contributed by atoms with E-state index >= 15 is 0 Å². The number of aromatic hydroxyl groups is 2. The number of rotatable bonds is 0. The van der Waals surface area contributed by atoms with Crippen LogP contribution in [-0.4, -0.2) is 33.1 Å². The summed E-state index contributed by atoms with van der Waals surface area (Å²) in [5.41, 5.74) is 0.113. The van der Waals surface area contributed by atoms with Crippen LogP contribution >= 0.6 is 0 Å². The monoisotopic (exact) mass is 198 g/mol. The van der Waals surface area contributed by atoms with Crippen molar-refractivity contribution in [2.45, 2.75) is 12.2 Å². The first-order valence-electron chi connectivity index (χ1n) is 4.14. The first kappa shape index (κ1) is 9.11. The summed E-state index contributed by atoms with van der Waals surface area (Å²) in [5.74, 6) is -0.239. The van der Waals surface area contributed by atoms with Crippen molar-refractivity contribution in [3.63, 3.8) is 0 Å². The molecule has 5 heteroatoms. The van der Waals surface area contributed by atoms with E-state index in [-0.39, 0.29) is 29.4 Å². The number of ether oxygens (including phenoxy) is 1. The van der Waals surface area contributed by atoms with Gasteiger partial charge < -0.3 is 25.2 Å². The highest BCUT2D eigenvalue weighted by Crippen LogP contribution is 2.41. The van der Waals surface area contributed by atoms with Gasteiger partial charge in [0, 0.05) is 12.1 Å². The second kappa shape index (κ2) is 3.04. The number of phenolic OH excluding ortho intramolecular Hbond substituents is 2. The average molecular weight is 198 g/mol. The molecule has 0 fully saturated rings. The SMILES string of the molecule is Oc1cc(O)c2c(c1)OCC(O)C2O. The Kier molecular flexibility index (Phi) is 1.98. The third-order valence-corrected chi connectivity index (χ3v) is 2.17. The molecule has 1 aromatic carbocycles. The van der Waals surface area contributed by atoms with Gasteiger partial charge in [0.1, 0.15) is 36.1 Å². The Hall–Kier alpha value is -1.46. The van der Waals surface area contributed by atoms with Crippen LogP contribution in [0, 0.1) is 0 Å². The van der Waals surface area contributed by atoms with Crippen LogP contribution in [0.1, 0.15) is 11.7 Å². The van der Waals surface area contributed by atoms with Crippen LogP contribution in [0.4, 0.5) is 0 Å². The predicted molar refractivity (Wildman–Crippen MR) is 46.2 cm³/mol. The standard InChI is InChI=1S/C9H10O5/c10-4-1-5(11)8-7(2-4)14-3-6(12)9(8)13/h1-2,6,9-13H,3H2. The highest BCUT2D eigenvalue weighted by Gasteiger charge is 2.30. The average Bonchev–Trinajstić information content (AvgIpc) is 2.10. The first-order chi connectivity index (χ1) is 6.59. The number of fused-ring (bicyclic) bond motifs is 1. The Balaban J connectivity index is 2.54. The van der Waals surface area contributed by atoms with Crippen molar-refractivity contribution in [3.05, 3.63) is 17.7 Å². The van der Waals surface area contributed by atoms with Crippen molar-refractivity contribution in [2.75, 3.05) is 6.61 Å². The van der Waals surface area contributed by atoms with Gasteiger partial charge in [0.2, 0.25) is 0 Å². The third-order valence-electron chi connectivity index (χ3n) is 2.17. The maximum atomic E-state index is 9.53. The van der Waals surface area contributed by atoms with Gasteiger partial charge in [-0.3, -0.25) is 0 Å². The highest BCUT2D eigenvalue weighted by atomic mass is 16.5. The molecule has 1 aliphatic rings. The molecule has 14 heavy (non-hydrogen) atoms. The predicted octanol–water partition coefficient (Wildman–Crippen LogP) is -0.116. The van der Waals surface area contributed by atoms with E-state index in [4.69, 9.17) is 9.84 Å². The molecule has 1 aliphatic heterocycles. The molecule has 2 atom stereocenters. The van der Waals surface area contributed by atoms with E-state index in [2.05, 4.69) is 0 Å². The van der Waals surface area contributed by atoms with Crippen molar-refractivity contribution in [3.8, 4) is 17.2 Å². The smallest absolute Gasteiger partial charge is 0.132 e. The normalized spacial score (nSPS) is 25.3. The zero-order valence-corrected chi connectivity index (χ0v) is 7.21. The van der Waals surface area contributed by atoms with Gasteiger partial charge in [-0.15, -0.1) is 0 Å². The Bertz CT molecular complexity index is 362. The summed E-state index contributed by atoms with van der Waals surface area (Å²) in [6.07, 6.45) is -2.24. The van der Waals surface area contributed by atoms with Gasteiger partial charge in [-0.1, -0.05) is 0 Å². The van der Waals surface area contributed by atoms with E-state index in [1.165, 1.54) is 6.07 Å². The van der Waals surface area contributed by atoms with Crippen LogP contribution < -0.4 is 4.74 Å². The molecule has 2 unspecified atom stereocenters. The molecule has 0 amide bonds. The Morgan fingerprint density at radius 2 is 1.93 bits per heavy atom. The van der Waals surface area contributed by atoms with Gasteiger partial charge in [-0.05, 0) is 0 Å². The Morgan fingerprint density at radius 1 is 1.21 bits per heavy atom. The van der Waals surface area contributed by atoms with Gasteiger partial charge >= 0.3 is 0 Å². The first-order valence-corrected chi connectivity index (χ1v) is 4.14. The molecule has 0 saturated carbocycles. The van der Waals surface area contributed by atoms with Crippen LogP contribution in [0.25, 0.3) is 0 Å². The lowest BCUT2D eigenvalue weighted by Crippen LogP contribution is -2.30. The molecule has 4 N–H and O–H groups in total. The van der Waals surface area contributed by atoms with Crippen molar-refractivity contribution in [1.29, 1.82) is 0 Å². The highest BCUT2D eigenvalue weighted by molar-refractivity contribution is 5.51. The summed E-state index contributed by atoms with van der Waals surface area (Å²) in [4.78, 5) is 0. The lowest BCUT2D eigenvalue weighted by Gasteiger charge is -2.27. The number of hydrogen-bond acceptors (Lipinski definition) is 5. The fourth-order valence-corrected chi connectivity index (χ4v) is 1.47. The summed E-state index contributed by atoms with van der Waals surface area (Å²) in [5, 5.41) is 37.4. The molecule has 5 nitrogen and oxygen atoms in total. The second-order valence-electron chi connectivity index (χ2n) is 3.20. The van der Waals surface area contributed by atoms with Crippen LogP contribution in [0.15, 0.2) is 12.1 Å². The van der Waals surface area contributed by atoms with E-state index in [1.807, 2.05) is 0 Å². The van der Waals surface area contributed by atoms with Crippen molar-refractivity contribution >= 4 is 0 Å². The van der Waals surface area contributed by atoms with E-state index in [0.29, 0.717) is 0 Å². The summed E-state index contributed by atoms with van der Waals surface area (Å²) >= 11 is 0. The zero-order chi connectivity index (χ0) is 10.3. The maximum absolute atomic E-state index is 9.53. The van der Waals surface area contributed by atoms with Gasteiger partial charge in [-0.25, -0.2) is 0 Å². The zero-order valence-electron chi connectivity index (χ0n) is 7.21. The number of phenols is 2. The summed E-state index contributed by atoms with van der Waals surface area (Å²) in [7, 11) is 0. The summed E-state index contributed by atoms with van der Waals surface area (Å²) in [6, 6.07) is 2.37. The topological polar surface area (TPSA) is 90.2 Å². The Labute approximate surface area is 79.8 Å². The minimum absolute atomic E-state index is 0.0585. The molecule has 0 radical (unpaired) electrons. The number of aliphatic hydroxyl groups excluding tert-OH is 2. The van der Waals surface area contributed by atoms with E-state index < -0.39 is 12.2 Å². The summed E-state index contributed by atoms with van der Waals surface area (Å²) < 4.78 is 5.04. The molecule has 0 aromatic heterocycles. The van der Waals surface area contributed by atoms with Crippen LogP contribution in [-0.2, 0) is 0 Å². The van der Waals surface area contributed by atoms with E-state index in [0.717, 1.165) is 6.07 Å². The molecule has 1 aromatic rings. The minimum atomic E-state index is -1.18. The lowest BCUT2D eigenvalue weighted by atomic mass is 10.00. The molecule has 2 rings (SSSR count). The maximum Gasteiger partial charge on any atom is 0.132 e.